The highest BCUT2D eigenvalue weighted by atomic mass is 16.5. The quantitative estimate of drug-likeness (QED) is 0.743. The minimum absolute atomic E-state index is 0.523. The Morgan fingerprint density at radius 2 is 1.75 bits per heavy atom. The predicted molar refractivity (Wildman–Crippen MR) is 80.1 cm³/mol. The van der Waals surface area contributed by atoms with Gasteiger partial charge in [0.15, 0.2) is 0 Å². The average Bonchev–Trinajstić information content (AvgIpc) is 3.25. The van der Waals surface area contributed by atoms with Crippen molar-refractivity contribution in [3.8, 4) is 17.2 Å². The number of ether oxygens (including phenoxy) is 3. The maximum Gasteiger partial charge on any atom is 0.129 e. The maximum absolute atomic E-state index is 5.53. The van der Waals surface area contributed by atoms with E-state index in [4.69, 9.17) is 14.2 Å². The Morgan fingerprint density at radius 3 is 2.25 bits per heavy atom. The van der Waals surface area contributed by atoms with Gasteiger partial charge in [-0.1, -0.05) is 6.92 Å². The summed E-state index contributed by atoms with van der Waals surface area (Å²) in [6.45, 7) is 4.34. The summed E-state index contributed by atoms with van der Waals surface area (Å²) in [6, 6.07) is 3.87. The molecule has 1 saturated carbocycles. The lowest BCUT2D eigenvalue weighted by Gasteiger charge is -2.15. The molecule has 1 aromatic rings. The summed E-state index contributed by atoms with van der Waals surface area (Å²) in [5.74, 6) is 3.70. The fourth-order valence-electron chi connectivity index (χ4n) is 2.69. The van der Waals surface area contributed by atoms with Crippen molar-refractivity contribution in [2.45, 2.75) is 25.7 Å². The van der Waals surface area contributed by atoms with E-state index in [2.05, 4.69) is 12.2 Å². The lowest BCUT2D eigenvalue weighted by atomic mass is 10.1. The van der Waals surface area contributed by atoms with Crippen molar-refractivity contribution in [2.24, 2.45) is 5.92 Å². The van der Waals surface area contributed by atoms with Crippen LogP contribution >= 0.6 is 0 Å². The highest BCUT2D eigenvalue weighted by Crippen LogP contribution is 2.54. The first kappa shape index (κ1) is 15.0. The van der Waals surface area contributed by atoms with Crippen molar-refractivity contribution in [2.75, 3.05) is 34.4 Å². The number of rotatable bonds is 8. The number of benzene rings is 1. The molecule has 1 aliphatic carbocycles. The molecule has 1 N–H and O–H groups in total. The number of nitrogens with one attached hydrogen (secondary N) is 1. The lowest BCUT2D eigenvalue weighted by Crippen LogP contribution is -2.18. The molecule has 1 fully saturated rings. The van der Waals surface area contributed by atoms with Crippen LogP contribution in [0.5, 0.6) is 17.2 Å². The SMILES string of the molecule is CCCNCC1CC1c1c(OC)cc(OC)cc1OC. The summed E-state index contributed by atoms with van der Waals surface area (Å²) in [5.41, 5.74) is 1.18. The van der Waals surface area contributed by atoms with Gasteiger partial charge in [-0.15, -0.1) is 0 Å². The van der Waals surface area contributed by atoms with Crippen LogP contribution in [0, 0.1) is 5.92 Å². The van der Waals surface area contributed by atoms with Gasteiger partial charge in [0.05, 0.1) is 21.3 Å². The van der Waals surface area contributed by atoms with Crippen molar-refractivity contribution in [1.82, 2.24) is 5.32 Å². The average molecular weight is 279 g/mol. The van der Waals surface area contributed by atoms with E-state index in [0.717, 1.165) is 30.3 Å². The largest absolute Gasteiger partial charge is 0.496 e. The first-order valence-electron chi connectivity index (χ1n) is 7.25. The molecule has 0 spiro atoms. The molecule has 0 aromatic heterocycles. The minimum atomic E-state index is 0.523. The summed E-state index contributed by atoms with van der Waals surface area (Å²) in [6.07, 6.45) is 2.36. The molecule has 0 saturated heterocycles. The van der Waals surface area contributed by atoms with Gasteiger partial charge in [0.2, 0.25) is 0 Å². The highest BCUT2D eigenvalue weighted by Gasteiger charge is 2.41. The molecular formula is C16H25NO3. The van der Waals surface area contributed by atoms with E-state index in [-0.39, 0.29) is 0 Å². The molecule has 2 atom stereocenters. The van der Waals surface area contributed by atoms with Crippen LogP contribution in [0.15, 0.2) is 12.1 Å². The Bertz CT molecular complexity index is 422. The van der Waals surface area contributed by atoms with E-state index in [9.17, 15) is 0 Å². The minimum Gasteiger partial charge on any atom is -0.496 e. The van der Waals surface area contributed by atoms with Crippen LogP contribution in [0.1, 0.15) is 31.2 Å². The molecule has 4 heteroatoms. The Kier molecular flexibility index (Phi) is 5.12. The number of hydrogen-bond acceptors (Lipinski definition) is 4. The van der Waals surface area contributed by atoms with Crippen LogP contribution < -0.4 is 19.5 Å². The Labute approximate surface area is 121 Å². The van der Waals surface area contributed by atoms with Gasteiger partial charge >= 0.3 is 0 Å². The van der Waals surface area contributed by atoms with Crippen LogP contribution in [-0.4, -0.2) is 34.4 Å². The molecule has 0 bridgehead atoms. The Balaban J connectivity index is 2.15. The summed E-state index contributed by atoms with van der Waals surface area (Å²) >= 11 is 0. The molecule has 0 aliphatic heterocycles. The first-order chi connectivity index (χ1) is 9.74. The fourth-order valence-corrected chi connectivity index (χ4v) is 2.69. The van der Waals surface area contributed by atoms with Crippen LogP contribution in [0.3, 0.4) is 0 Å². The van der Waals surface area contributed by atoms with E-state index in [1.807, 2.05) is 12.1 Å². The molecular weight excluding hydrogens is 254 g/mol. The topological polar surface area (TPSA) is 39.7 Å². The zero-order chi connectivity index (χ0) is 14.5. The zero-order valence-electron chi connectivity index (χ0n) is 12.9. The van der Waals surface area contributed by atoms with Gasteiger partial charge < -0.3 is 19.5 Å². The molecule has 0 heterocycles. The van der Waals surface area contributed by atoms with Crippen LogP contribution in [0.4, 0.5) is 0 Å². The number of hydrogen-bond donors (Lipinski definition) is 1. The molecule has 1 aromatic carbocycles. The second-order valence-electron chi connectivity index (χ2n) is 5.25. The Hall–Kier alpha value is -1.42. The Morgan fingerprint density at radius 1 is 1.10 bits per heavy atom. The standard InChI is InChI=1S/C16H25NO3/c1-5-6-17-10-11-7-13(11)16-14(19-3)8-12(18-2)9-15(16)20-4/h8-9,11,13,17H,5-7,10H2,1-4H3. The van der Waals surface area contributed by atoms with Crippen LogP contribution in [-0.2, 0) is 0 Å². The molecule has 112 valence electrons. The third-order valence-corrected chi connectivity index (χ3v) is 3.88. The van der Waals surface area contributed by atoms with Crippen molar-refractivity contribution in [1.29, 1.82) is 0 Å². The van der Waals surface area contributed by atoms with E-state index >= 15 is 0 Å². The monoisotopic (exact) mass is 279 g/mol. The fraction of sp³-hybridized carbons (Fsp3) is 0.625. The zero-order valence-corrected chi connectivity index (χ0v) is 12.9. The summed E-state index contributed by atoms with van der Waals surface area (Å²) < 4.78 is 16.3. The molecule has 0 radical (unpaired) electrons. The number of methoxy groups -OCH3 is 3. The van der Waals surface area contributed by atoms with Crippen molar-refractivity contribution in [3.63, 3.8) is 0 Å². The van der Waals surface area contributed by atoms with Gasteiger partial charge in [0.25, 0.3) is 0 Å². The molecule has 0 amide bonds. The summed E-state index contributed by atoms with van der Waals surface area (Å²) in [4.78, 5) is 0. The first-order valence-corrected chi connectivity index (χ1v) is 7.25. The highest BCUT2D eigenvalue weighted by molar-refractivity contribution is 5.54. The smallest absolute Gasteiger partial charge is 0.129 e. The van der Waals surface area contributed by atoms with Crippen molar-refractivity contribution >= 4 is 0 Å². The van der Waals surface area contributed by atoms with Gasteiger partial charge in [-0.3, -0.25) is 0 Å². The second-order valence-corrected chi connectivity index (χ2v) is 5.25. The lowest BCUT2D eigenvalue weighted by molar-refractivity contribution is 0.368. The van der Waals surface area contributed by atoms with E-state index in [1.165, 1.54) is 18.4 Å². The normalized spacial score (nSPS) is 20.6. The molecule has 1 aliphatic rings. The van der Waals surface area contributed by atoms with Gasteiger partial charge in [-0.2, -0.15) is 0 Å². The summed E-state index contributed by atoms with van der Waals surface area (Å²) in [7, 11) is 5.05. The van der Waals surface area contributed by atoms with Crippen LogP contribution in [0.2, 0.25) is 0 Å². The van der Waals surface area contributed by atoms with Crippen molar-refractivity contribution in [3.05, 3.63) is 17.7 Å². The van der Waals surface area contributed by atoms with Gasteiger partial charge in [0.1, 0.15) is 17.2 Å². The molecule has 4 nitrogen and oxygen atoms in total. The van der Waals surface area contributed by atoms with Crippen molar-refractivity contribution < 1.29 is 14.2 Å². The maximum atomic E-state index is 5.53. The van der Waals surface area contributed by atoms with Crippen LogP contribution in [0.25, 0.3) is 0 Å². The molecule has 2 rings (SSSR count). The third kappa shape index (κ3) is 3.18. The van der Waals surface area contributed by atoms with E-state index in [1.54, 1.807) is 21.3 Å². The van der Waals surface area contributed by atoms with Gasteiger partial charge in [-0.05, 0) is 37.8 Å². The van der Waals surface area contributed by atoms with Gasteiger partial charge in [0, 0.05) is 17.7 Å². The third-order valence-electron chi connectivity index (χ3n) is 3.88. The predicted octanol–water partition coefficient (Wildman–Crippen LogP) is 2.82. The second kappa shape index (κ2) is 6.84. The van der Waals surface area contributed by atoms with E-state index in [0.29, 0.717) is 11.8 Å². The van der Waals surface area contributed by atoms with Gasteiger partial charge in [-0.25, -0.2) is 0 Å². The molecule has 20 heavy (non-hydrogen) atoms. The molecule has 2 unspecified atom stereocenters. The van der Waals surface area contributed by atoms with E-state index < -0.39 is 0 Å². The summed E-state index contributed by atoms with van der Waals surface area (Å²) in [5, 5.41) is 3.49.